The molecule has 2 aromatic rings. The zero-order chi connectivity index (χ0) is 19.6. The summed E-state index contributed by atoms with van der Waals surface area (Å²) in [6, 6.07) is 15.7. The molecule has 1 N–H and O–H groups in total. The van der Waals surface area contributed by atoms with E-state index in [4.69, 9.17) is 21.1 Å². The van der Waals surface area contributed by atoms with E-state index in [-0.39, 0.29) is 18.8 Å². The van der Waals surface area contributed by atoms with Crippen molar-refractivity contribution in [3.8, 4) is 5.75 Å². The number of hydrogen-bond acceptors (Lipinski definition) is 5. The quantitative estimate of drug-likeness (QED) is 0.624. The van der Waals surface area contributed by atoms with Gasteiger partial charge in [0.2, 0.25) is 0 Å². The molecule has 5 nitrogen and oxygen atoms in total. The van der Waals surface area contributed by atoms with Gasteiger partial charge in [-0.25, -0.2) is 4.79 Å². The van der Waals surface area contributed by atoms with Gasteiger partial charge in [0.05, 0.1) is 13.2 Å². The van der Waals surface area contributed by atoms with Crippen molar-refractivity contribution >= 4 is 17.6 Å². The second-order valence-electron chi connectivity index (χ2n) is 6.30. The molecule has 0 amide bonds. The van der Waals surface area contributed by atoms with Crippen molar-refractivity contribution in [2.45, 2.75) is 25.5 Å². The Bertz CT molecular complexity index is 720. The fraction of sp³-hybridized carbons (Fsp3) is 0.381. The molecular formula is C21H26ClNO4. The molecule has 0 saturated carbocycles. The van der Waals surface area contributed by atoms with Gasteiger partial charge >= 0.3 is 5.97 Å². The topological polar surface area (TPSA) is 56.8 Å². The highest BCUT2D eigenvalue weighted by Gasteiger charge is 2.13. The van der Waals surface area contributed by atoms with Gasteiger partial charge in [-0.15, -0.1) is 0 Å². The van der Waals surface area contributed by atoms with Crippen molar-refractivity contribution in [1.82, 2.24) is 5.32 Å². The Kier molecular flexibility index (Phi) is 8.58. The van der Waals surface area contributed by atoms with E-state index in [0.717, 1.165) is 12.0 Å². The lowest BCUT2D eigenvalue weighted by molar-refractivity contribution is -0.142. The second-order valence-corrected chi connectivity index (χ2v) is 6.74. The van der Waals surface area contributed by atoms with E-state index in [1.165, 1.54) is 12.7 Å². The molecule has 0 aliphatic carbocycles. The average Bonchev–Trinajstić information content (AvgIpc) is 2.67. The van der Waals surface area contributed by atoms with Crippen LogP contribution in [0.4, 0.5) is 0 Å². The lowest BCUT2D eigenvalue weighted by Gasteiger charge is -2.20. The molecule has 0 aliphatic heterocycles. The minimum Gasteiger partial charge on any atom is -0.482 e. The highest BCUT2D eigenvalue weighted by Crippen LogP contribution is 2.20. The number of halogens is 1. The van der Waals surface area contributed by atoms with Crippen LogP contribution in [0, 0.1) is 0 Å². The van der Waals surface area contributed by atoms with E-state index < -0.39 is 5.97 Å². The van der Waals surface area contributed by atoms with Gasteiger partial charge in [-0.1, -0.05) is 35.9 Å². The molecule has 0 aromatic heterocycles. The smallest absolute Gasteiger partial charge is 0.343 e. The van der Waals surface area contributed by atoms with Gasteiger partial charge in [-0.3, -0.25) is 0 Å². The number of methoxy groups -OCH3 is 2. The first-order valence-electron chi connectivity index (χ1n) is 8.82. The first-order chi connectivity index (χ1) is 13.0. The van der Waals surface area contributed by atoms with Gasteiger partial charge < -0.3 is 19.5 Å². The molecule has 2 aromatic carbocycles. The van der Waals surface area contributed by atoms with Crippen molar-refractivity contribution in [2.75, 3.05) is 27.4 Å². The highest BCUT2D eigenvalue weighted by molar-refractivity contribution is 6.30. The summed E-state index contributed by atoms with van der Waals surface area (Å²) in [7, 11) is 3.04. The van der Waals surface area contributed by atoms with E-state index in [0.29, 0.717) is 17.3 Å². The molecule has 6 heteroatoms. The number of carbonyl (C=O) groups excluding carboxylic acids is 1. The zero-order valence-electron chi connectivity index (χ0n) is 15.9. The maximum Gasteiger partial charge on any atom is 0.343 e. The van der Waals surface area contributed by atoms with Crippen LogP contribution < -0.4 is 10.1 Å². The number of carbonyl (C=O) groups is 1. The van der Waals surface area contributed by atoms with Crippen LogP contribution in [0.15, 0.2) is 48.5 Å². The monoisotopic (exact) mass is 391 g/mol. The molecule has 2 rings (SSSR count). The van der Waals surface area contributed by atoms with Crippen LogP contribution >= 0.6 is 11.6 Å². The number of ether oxygens (including phenoxy) is 3. The number of rotatable bonds is 10. The molecule has 2 atom stereocenters. The molecule has 2 unspecified atom stereocenters. The molecule has 0 saturated heterocycles. The number of esters is 1. The maximum absolute atomic E-state index is 11.1. The lowest BCUT2D eigenvalue weighted by Crippen LogP contribution is -2.32. The highest BCUT2D eigenvalue weighted by atomic mass is 35.5. The zero-order valence-corrected chi connectivity index (χ0v) is 16.7. The lowest BCUT2D eigenvalue weighted by atomic mass is 10.1. The summed E-state index contributed by atoms with van der Waals surface area (Å²) in [6.07, 6.45) is 0.809. The molecule has 0 radical (unpaired) electrons. The standard InChI is InChI=1S/C21H26ClNO4/c1-15(23-13-20(25-2)17-5-4-6-18(22)12-17)11-16-7-9-19(10-8-16)27-14-21(24)26-3/h4-10,12,15,20,23H,11,13-14H2,1-3H3. The average molecular weight is 392 g/mol. The van der Waals surface area contributed by atoms with Crippen molar-refractivity contribution in [2.24, 2.45) is 0 Å². The molecule has 146 valence electrons. The largest absolute Gasteiger partial charge is 0.482 e. The molecule has 0 spiro atoms. The Morgan fingerprint density at radius 3 is 2.52 bits per heavy atom. The fourth-order valence-electron chi connectivity index (χ4n) is 2.70. The minimum atomic E-state index is -0.399. The summed E-state index contributed by atoms with van der Waals surface area (Å²) in [5.74, 6) is 0.245. The maximum atomic E-state index is 11.1. The summed E-state index contributed by atoms with van der Waals surface area (Å²) >= 11 is 6.06. The van der Waals surface area contributed by atoms with Crippen molar-refractivity contribution in [3.05, 3.63) is 64.7 Å². The third kappa shape index (κ3) is 7.21. The van der Waals surface area contributed by atoms with E-state index in [1.807, 2.05) is 48.5 Å². The summed E-state index contributed by atoms with van der Waals surface area (Å²) < 4.78 is 15.5. The van der Waals surface area contributed by atoms with Gasteiger partial charge in [-0.05, 0) is 48.7 Å². The molecule has 0 bridgehead atoms. The number of nitrogens with one attached hydrogen (secondary N) is 1. The van der Waals surface area contributed by atoms with Crippen molar-refractivity contribution in [1.29, 1.82) is 0 Å². The van der Waals surface area contributed by atoms with Gasteiger partial charge in [-0.2, -0.15) is 0 Å². The summed E-state index contributed by atoms with van der Waals surface area (Å²) in [4.78, 5) is 11.1. The van der Waals surface area contributed by atoms with Gasteiger partial charge in [0.25, 0.3) is 0 Å². The first-order valence-corrected chi connectivity index (χ1v) is 9.19. The van der Waals surface area contributed by atoms with Gasteiger partial charge in [0.15, 0.2) is 6.61 Å². The summed E-state index contributed by atoms with van der Waals surface area (Å²) in [5, 5.41) is 4.21. The second kappa shape index (κ2) is 10.9. The summed E-state index contributed by atoms with van der Waals surface area (Å²) in [6.45, 7) is 2.74. The van der Waals surface area contributed by atoms with Crippen LogP contribution in [0.2, 0.25) is 5.02 Å². The van der Waals surface area contributed by atoms with E-state index >= 15 is 0 Å². The molecular weight excluding hydrogens is 366 g/mol. The number of benzene rings is 2. The van der Waals surface area contributed by atoms with Crippen LogP contribution in [-0.4, -0.2) is 39.4 Å². The van der Waals surface area contributed by atoms with E-state index in [2.05, 4.69) is 17.0 Å². The van der Waals surface area contributed by atoms with Gasteiger partial charge in [0.1, 0.15) is 5.75 Å². The Morgan fingerprint density at radius 1 is 1.15 bits per heavy atom. The third-order valence-electron chi connectivity index (χ3n) is 4.21. The minimum absolute atomic E-state index is 0.0553. The Balaban J connectivity index is 1.82. The predicted octanol–water partition coefficient (Wildman–Crippen LogP) is 3.80. The van der Waals surface area contributed by atoms with Crippen LogP contribution in [0.25, 0.3) is 0 Å². The Labute approximate surface area is 165 Å². The fourth-order valence-corrected chi connectivity index (χ4v) is 2.90. The molecule has 27 heavy (non-hydrogen) atoms. The number of hydrogen-bond donors (Lipinski definition) is 1. The van der Waals surface area contributed by atoms with E-state index in [1.54, 1.807) is 7.11 Å². The molecule has 0 fully saturated rings. The summed E-state index contributed by atoms with van der Waals surface area (Å²) in [5.41, 5.74) is 2.23. The van der Waals surface area contributed by atoms with Gasteiger partial charge in [0, 0.05) is 24.7 Å². The third-order valence-corrected chi connectivity index (χ3v) is 4.44. The van der Waals surface area contributed by atoms with E-state index in [9.17, 15) is 4.79 Å². The SMILES string of the molecule is COC(=O)COc1ccc(CC(C)NCC(OC)c2cccc(Cl)c2)cc1. The van der Waals surface area contributed by atoms with Crippen LogP contribution in [0.5, 0.6) is 5.75 Å². The Hall–Kier alpha value is -2.08. The Morgan fingerprint density at radius 2 is 1.89 bits per heavy atom. The predicted molar refractivity (Wildman–Crippen MR) is 106 cm³/mol. The molecule has 0 aliphatic rings. The molecule has 0 heterocycles. The van der Waals surface area contributed by atoms with Crippen LogP contribution in [-0.2, 0) is 20.7 Å². The first kappa shape index (κ1) is 21.2. The van der Waals surface area contributed by atoms with Crippen LogP contribution in [0.3, 0.4) is 0 Å². The van der Waals surface area contributed by atoms with Crippen molar-refractivity contribution < 1.29 is 19.0 Å². The van der Waals surface area contributed by atoms with Crippen LogP contribution in [0.1, 0.15) is 24.2 Å². The van der Waals surface area contributed by atoms with Crippen molar-refractivity contribution in [3.63, 3.8) is 0 Å². The normalized spacial score (nSPS) is 13.0.